The fraction of sp³-hybridized carbons (Fsp3) is 0.769. The maximum Gasteiger partial charge on any atom is 0.0596 e. The molecule has 1 rings (SSSR count). The fourth-order valence-corrected chi connectivity index (χ4v) is 1.93. The van der Waals surface area contributed by atoms with E-state index in [0.29, 0.717) is 0 Å². The predicted molar refractivity (Wildman–Crippen MR) is 66.4 cm³/mol. The van der Waals surface area contributed by atoms with Crippen LogP contribution in [0.4, 0.5) is 0 Å². The summed E-state index contributed by atoms with van der Waals surface area (Å²) < 4.78 is 2.03. The zero-order valence-electron chi connectivity index (χ0n) is 11.1. The van der Waals surface area contributed by atoms with Crippen molar-refractivity contribution < 1.29 is 5.11 Å². The van der Waals surface area contributed by atoms with Gasteiger partial charge < -0.3 is 5.11 Å². The minimum absolute atomic E-state index is 0.130. The standard InChI is InChI=1S/C13H24N2O/c1-6-15-12(7-10(2)14-15)8-11(9-16)13(3,4)5/h7,11,16H,6,8-9H2,1-5H3. The van der Waals surface area contributed by atoms with Crippen LogP contribution in [0.2, 0.25) is 0 Å². The van der Waals surface area contributed by atoms with Crippen LogP contribution in [0.1, 0.15) is 39.1 Å². The van der Waals surface area contributed by atoms with Gasteiger partial charge in [-0.3, -0.25) is 4.68 Å². The number of aromatic nitrogens is 2. The lowest BCUT2D eigenvalue weighted by Crippen LogP contribution is -2.27. The molecule has 1 atom stereocenters. The summed E-state index contributed by atoms with van der Waals surface area (Å²) in [5.74, 6) is 0.286. The van der Waals surface area contributed by atoms with Crippen LogP contribution in [0.3, 0.4) is 0 Å². The Bertz CT molecular complexity index is 336. The minimum Gasteiger partial charge on any atom is -0.396 e. The van der Waals surface area contributed by atoms with Crippen LogP contribution >= 0.6 is 0 Å². The third kappa shape index (κ3) is 3.08. The second kappa shape index (κ2) is 5.00. The summed E-state index contributed by atoms with van der Waals surface area (Å²) in [7, 11) is 0. The number of hydrogen-bond acceptors (Lipinski definition) is 2. The quantitative estimate of drug-likeness (QED) is 0.853. The van der Waals surface area contributed by atoms with Gasteiger partial charge in [0, 0.05) is 18.8 Å². The number of aliphatic hydroxyl groups excluding tert-OH is 1. The Balaban J connectivity index is 2.85. The van der Waals surface area contributed by atoms with Gasteiger partial charge in [0.25, 0.3) is 0 Å². The normalized spacial score (nSPS) is 14.1. The first-order chi connectivity index (χ1) is 7.38. The molecule has 0 bridgehead atoms. The van der Waals surface area contributed by atoms with Gasteiger partial charge in [-0.1, -0.05) is 20.8 Å². The maximum atomic E-state index is 9.46. The molecule has 0 radical (unpaired) electrons. The van der Waals surface area contributed by atoms with Crippen LogP contribution in [-0.4, -0.2) is 21.5 Å². The molecule has 0 saturated heterocycles. The molecule has 1 aromatic rings. The Morgan fingerprint density at radius 3 is 2.50 bits per heavy atom. The first-order valence-electron chi connectivity index (χ1n) is 6.02. The zero-order chi connectivity index (χ0) is 12.3. The highest BCUT2D eigenvalue weighted by atomic mass is 16.3. The Labute approximate surface area is 98.5 Å². The van der Waals surface area contributed by atoms with Crippen molar-refractivity contribution in [1.29, 1.82) is 0 Å². The van der Waals surface area contributed by atoms with Crippen molar-refractivity contribution in [2.45, 2.75) is 47.6 Å². The van der Waals surface area contributed by atoms with Crippen LogP contribution in [0, 0.1) is 18.3 Å². The topological polar surface area (TPSA) is 38.0 Å². The van der Waals surface area contributed by atoms with Crippen molar-refractivity contribution in [2.24, 2.45) is 11.3 Å². The summed E-state index contributed by atoms with van der Waals surface area (Å²) in [5.41, 5.74) is 2.42. The highest BCUT2D eigenvalue weighted by Crippen LogP contribution is 2.28. The molecule has 1 heterocycles. The summed E-state index contributed by atoms with van der Waals surface area (Å²) in [6.45, 7) is 11.8. The molecule has 0 aliphatic heterocycles. The van der Waals surface area contributed by atoms with Gasteiger partial charge in [-0.2, -0.15) is 5.10 Å². The molecule has 1 N–H and O–H groups in total. The van der Waals surface area contributed by atoms with Crippen molar-refractivity contribution in [3.05, 3.63) is 17.5 Å². The van der Waals surface area contributed by atoms with Crippen LogP contribution in [0.5, 0.6) is 0 Å². The SMILES string of the molecule is CCn1nc(C)cc1CC(CO)C(C)(C)C. The summed E-state index contributed by atoms with van der Waals surface area (Å²) in [4.78, 5) is 0. The van der Waals surface area contributed by atoms with Crippen LogP contribution in [-0.2, 0) is 13.0 Å². The fourth-order valence-electron chi connectivity index (χ4n) is 1.93. The molecule has 3 nitrogen and oxygen atoms in total. The van der Waals surface area contributed by atoms with E-state index >= 15 is 0 Å². The Kier molecular flexibility index (Phi) is 4.14. The molecule has 16 heavy (non-hydrogen) atoms. The van der Waals surface area contributed by atoms with Crippen LogP contribution in [0.15, 0.2) is 6.07 Å². The molecule has 3 heteroatoms. The lowest BCUT2D eigenvalue weighted by molar-refractivity contribution is 0.129. The molecule has 0 aromatic carbocycles. The average Bonchev–Trinajstić information content (AvgIpc) is 2.53. The number of rotatable bonds is 4. The molecule has 0 spiro atoms. The van der Waals surface area contributed by atoms with Gasteiger partial charge in [0.15, 0.2) is 0 Å². The first-order valence-corrected chi connectivity index (χ1v) is 6.02. The average molecular weight is 224 g/mol. The van der Waals surface area contributed by atoms with E-state index < -0.39 is 0 Å². The van der Waals surface area contributed by atoms with Gasteiger partial charge in [-0.25, -0.2) is 0 Å². The van der Waals surface area contributed by atoms with E-state index in [1.807, 2.05) is 11.6 Å². The van der Waals surface area contributed by atoms with Gasteiger partial charge in [0.1, 0.15) is 0 Å². The van der Waals surface area contributed by atoms with Gasteiger partial charge in [-0.05, 0) is 37.7 Å². The van der Waals surface area contributed by atoms with Gasteiger partial charge in [0.05, 0.1) is 5.69 Å². The smallest absolute Gasteiger partial charge is 0.0596 e. The van der Waals surface area contributed by atoms with E-state index in [1.165, 1.54) is 5.69 Å². The summed E-state index contributed by atoms with van der Waals surface area (Å²) in [6.07, 6.45) is 0.898. The highest BCUT2D eigenvalue weighted by molar-refractivity contribution is 5.10. The van der Waals surface area contributed by atoms with Crippen molar-refractivity contribution in [3.63, 3.8) is 0 Å². The number of aliphatic hydroxyl groups is 1. The first kappa shape index (κ1) is 13.2. The molecule has 0 aliphatic rings. The van der Waals surface area contributed by atoms with Crippen molar-refractivity contribution in [1.82, 2.24) is 9.78 Å². The molecule has 92 valence electrons. The van der Waals surface area contributed by atoms with Crippen molar-refractivity contribution in [2.75, 3.05) is 6.61 Å². The molecular weight excluding hydrogens is 200 g/mol. The molecule has 1 aromatic heterocycles. The highest BCUT2D eigenvalue weighted by Gasteiger charge is 2.25. The van der Waals surface area contributed by atoms with E-state index in [1.54, 1.807) is 0 Å². The summed E-state index contributed by atoms with van der Waals surface area (Å²) >= 11 is 0. The van der Waals surface area contributed by atoms with Crippen molar-refractivity contribution in [3.8, 4) is 0 Å². The molecular formula is C13H24N2O. The van der Waals surface area contributed by atoms with E-state index in [2.05, 4.69) is 38.9 Å². The number of aryl methyl sites for hydroxylation is 2. The molecule has 1 unspecified atom stereocenters. The summed E-state index contributed by atoms with van der Waals surface area (Å²) in [6, 6.07) is 2.12. The Morgan fingerprint density at radius 2 is 2.06 bits per heavy atom. The Hall–Kier alpha value is -0.830. The second-order valence-corrected chi connectivity index (χ2v) is 5.54. The van der Waals surface area contributed by atoms with E-state index in [4.69, 9.17) is 0 Å². The van der Waals surface area contributed by atoms with Crippen molar-refractivity contribution >= 4 is 0 Å². The number of nitrogens with zero attached hydrogens (tertiary/aromatic N) is 2. The largest absolute Gasteiger partial charge is 0.396 e. The van der Waals surface area contributed by atoms with Crippen LogP contribution in [0.25, 0.3) is 0 Å². The second-order valence-electron chi connectivity index (χ2n) is 5.54. The van der Waals surface area contributed by atoms with Gasteiger partial charge in [0.2, 0.25) is 0 Å². The van der Waals surface area contributed by atoms with Crippen LogP contribution < -0.4 is 0 Å². The van der Waals surface area contributed by atoms with Gasteiger partial charge >= 0.3 is 0 Å². The third-order valence-electron chi connectivity index (χ3n) is 3.19. The van der Waals surface area contributed by atoms with E-state index in [0.717, 1.165) is 18.7 Å². The zero-order valence-corrected chi connectivity index (χ0v) is 11.1. The van der Waals surface area contributed by atoms with E-state index in [9.17, 15) is 5.11 Å². The maximum absolute atomic E-state index is 9.46. The molecule has 0 aliphatic carbocycles. The lowest BCUT2D eigenvalue weighted by atomic mass is 9.78. The predicted octanol–water partition coefficient (Wildman–Crippen LogP) is 2.41. The number of hydrogen-bond donors (Lipinski definition) is 1. The van der Waals surface area contributed by atoms with E-state index in [-0.39, 0.29) is 17.9 Å². The molecule has 0 saturated carbocycles. The minimum atomic E-state index is 0.130. The lowest BCUT2D eigenvalue weighted by Gasteiger charge is -2.29. The summed E-state index contributed by atoms with van der Waals surface area (Å²) in [5, 5.41) is 13.9. The third-order valence-corrected chi connectivity index (χ3v) is 3.19. The molecule has 0 amide bonds. The monoisotopic (exact) mass is 224 g/mol. The van der Waals surface area contributed by atoms with Gasteiger partial charge in [-0.15, -0.1) is 0 Å². The molecule has 0 fully saturated rings. The Morgan fingerprint density at radius 1 is 1.44 bits per heavy atom.